The molecule has 0 amide bonds. The van der Waals surface area contributed by atoms with Crippen molar-refractivity contribution in [2.75, 3.05) is 0 Å². The number of aromatic nitrogens is 1. The van der Waals surface area contributed by atoms with Crippen molar-refractivity contribution >= 4 is 22.6 Å². The van der Waals surface area contributed by atoms with Crippen LogP contribution in [0.2, 0.25) is 0 Å². The summed E-state index contributed by atoms with van der Waals surface area (Å²) in [4.78, 5) is 3.13. The molecule has 1 heterocycles. The maximum Gasteiger partial charge on any atom is 0.418 e. The van der Waals surface area contributed by atoms with E-state index >= 15 is 0 Å². The van der Waals surface area contributed by atoms with Gasteiger partial charge in [-0.15, -0.1) is 0 Å². The van der Waals surface area contributed by atoms with Gasteiger partial charge in [-0.3, -0.25) is 4.98 Å². The summed E-state index contributed by atoms with van der Waals surface area (Å²) >= 11 is 1.24. The molecule has 7 heteroatoms. The Bertz CT molecular complexity index is 335. The lowest BCUT2D eigenvalue weighted by Crippen LogP contribution is -2.10. The van der Waals surface area contributed by atoms with Crippen molar-refractivity contribution in [3.05, 3.63) is 27.1 Å². The minimum Gasteiger partial charge on any atom is -0.264 e. The predicted octanol–water partition coefficient (Wildman–Crippen LogP) is 3.64. The molecule has 0 bridgehead atoms. The fourth-order valence-corrected chi connectivity index (χ4v) is 1.63. The van der Waals surface area contributed by atoms with Crippen LogP contribution in [0.1, 0.15) is 17.6 Å². The van der Waals surface area contributed by atoms with E-state index in [1.54, 1.807) is 0 Å². The van der Waals surface area contributed by atoms with Gasteiger partial charge in [0.15, 0.2) is 0 Å². The van der Waals surface area contributed by atoms with Crippen molar-refractivity contribution < 1.29 is 22.0 Å². The van der Waals surface area contributed by atoms with Gasteiger partial charge in [0.05, 0.1) is 5.56 Å². The molecule has 0 aliphatic rings. The molecule has 0 radical (unpaired) electrons. The van der Waals surface area contributed by atoms with Crippen molar-refractivity contribution in [1.82, 2.24) is 4.98 Å². The molecule has 0 aromatic carbocycles. The van der Waals surface area contributed by atoms with Gasteiger partial charge >= 0.3 is 6.18 Å². The first kappa shape index (κ1) is 11.6. The van der Waals surface area contributed by atoms with E-state index in [4.69, 9.17) is 0 Å². The molecule has 1 aromatic rings. The summed E-state index contributed by atoms with van der Waals surface area (Å²) in [6, 6.07) is 0. The minimum absolute atomic E-state index is 0.500. The molecule has 0 saturated heterocycles. The third-order valence-corrected chi connectivity index (χ3v) is 2.65. The van der Waals surface area contributed by atoms with E-state index in [9.17, 15) is 22.0 Å². The molecule has 0 aliphatic carbocycles. The Balaban J connectivity index is 3.28. The average molecular weight is 323 g/mol. The molecule has 1 nitrogen and oxygen atoms in total. The first-order valence-corrected chi connectivity index (χ1v) is 4.40. The lowest BCUT2D eigenvalue weighted by atomic mass is 10.2. The van der Waals surface area contributed by atoms with Crippen molar-refractivity contribution in [3.63, 3.8) is 0 Å². The molecule has 0 saturated carbocycles. The zero-order chi connectivity index (χ0) is 10.9. The molecule has 78 valence electrons. The largest absolute Gasteiger partial charge is 0.418 e. The Morgan fingerprint density at radius 3 is 2.21 bits per heavy atom. The van der Waals surface area contributed by atoms with Gasteiger partial charge in [0.2, 0.25) is 0 Å². The molecule has 0 N–H and O–H groups in total. The van der Waals surface area contributed by atoms with Crippen LogP contribution in [0.4, 0.5) is 22.0 Å². The lowest BCUT2D eigenvalue weighted by molar-refractivity contribution is -0.138. The van der Waals surface area contributed by atoms with Crippen LogP contribution in [-0.4, -0.2) is 4.98 Å². The highest BCUT2D eigenvalue weighted by Crippen LogP contribution is 2.35. The van der Waals surface area contributed by atoms with Gasteiger partial charge in [0.25, 0.3) is 6.43 Å². The van der Waals surface area contributed by atoms with Gasteiger partial charge in [-0.25, -0.2) is 8.78 Å². The number of pyridine rings is 1. The first-order chi connectivity index (χ1) is 6.34. The van der Waals surface area contributed by atoms with Crippen LogP contribution in [-0.2, 0) is 6.18 Å². The average Bonchev–Trinajstić information content (AvgIpc) is 2.01. The lowest BCUT2D eigenvalue weighted by Gasteiger charge is -2.10. The SMILES string of the molecule is FC(F)c1cncc(C(F)(F)F)c1I. The van der Waals surface area contributed by atoms with E-state index < -0.39 is 27.3 Å². The summed E-state index contributed by atoms with van der Waals surface area (Å²) in [5.74, 6) is 0. The maximum atomic E-state index is 12.2. The number of alkyl halides is 5. The highest BCUT2D eigenvalue weighted by Gasteiger charge is 2.35. The van der Waals surface area contributed by atoms with E-state index in [0.717, 1.165) is 6.20 Å². The smallest absolute Gasteiger partial charge is 0.264 e. The van der Waals surface area contributed by atoms with Crippen LogP contribution in [0.3, 0.4) is 0 Å². The van der Waals surface area contributed by atoms with Gasteiger partial charge < -0.3 is 0 Å². The second-order valence-electron chi connectivity index (χ2n) is 2.39. The van der Waals surface area contributed by atoms with Gasteiger partial charge in [-0.1, -0.05) is 0 Å². The van der Waals surface area contributed by atoms with Crippen LogP contribution in [0.15, 0.2) is 12.4 Å². The van der Waals surface area contributed by atoms with Crippen molar-refractivity contribution in [2.24, 2.45) is 0 Å². The van der Waals surface area contributed by atoms with Crippen LogP contribution in [0, 0.1) is 3.57 Å². The van der Waals surface area contributed by atoms with E-state index in [1.807, 2.05) is 0 Å². The second kappa shape index (κ2) is 3.95. The standard InChI is InChI=1S/C7H3F5IN/c8-6(9)3-1-14-2-4(5(3)13)7(10,11)12/h1-2,6H. The monoisotopic (exact) mass is 323 g/mol. The molecule has 0 aliphatic heterocycles. The molecule has 0 unspecified atom stereocenters. The van der Waals surface area contributed by atoms with Gasteiger partial charge in [0, 0.05) is 21.5 Å². The van der Waals surface area contributed by atoms with E-state index in [2.05, 4.69) is 4.98 Å². The zero-order valence-corrected chi connectivity index (χ0v) is 8.60. The summed E-state index contributed by atoms with van der Waals surface area (Å²) in [6.45, 7) is 0. The molecule has 0 spiro atoms. The van der Waals surface area contributed by atoms with Crippen LogP contribution >= 0.6 is 22.6 Å². The highest BCUT2D eigenvalue weighted by molar-refractivity contribution is 14.1. The first-order valence-electron chi connectivity index (χ1n) is 3.32. The van der Waals surface area contributed by atoms with Crippen LogP contribution in [0.5, 0.6) is 0 Å². The minimum atomic E-state index is -4.64. The van der Waals surface area contributed by atoms with Crippen LogP contribution in [0.25, 0.3) is 0 Å². The van der Waals surface area contributed by atoms with Gasteiger partial charge in [0.1, 0.15) is 0 Å². The Labute approximate surface area is 89.5 Å². The topological polar surface area (TPSA) is 12.9 Å². The molecular weight excluding hydrogens is 320 g/mol. The quantitative estimate of drug-likeness (QED) is 0.568. The molecule has 1 aromatic heterocycles. The Morgan fingerprint density at radius 2 is 1.79 bits per heavy atom. The number of hydrogen-bond donors (Lipinski definition) is 0. The summed E-state index contributed by atoms with van der Waals surface area (Å²) in [5, 5.41) is 0. The predicted molar refractivity (Wildman–Crippen MR) is 46.9 cm³/mol. The zero-order valence-electron chi connectivity index (χ0n) is 6.45. The molecular formula is C7H3F5IN. The van der Waals surface area contributed by atoms with E-state index in [0.29, 0.717) is 6.20 Å². The molecule has 1 rings (SSSR count). The molecule has 14 heavy (non-hydrogen) atoms. The second-order valence-corrected chi connectivity index (χ2v) is 3.47. The van der Waals surface area contributed by atoms with Crippen molar-refractivity contribution in [2.45, 2.75) is 12.6 Å². The number of nitrogens with zero attached hydrogens (tertiary/aromatic N) is 1. The molecule has 0 fully saturated rings. The van der Waals surface area contributed by atoms with Crippen molar-refractivity contribution in [1.29, 1.82) is 0 Å². The van der Waals surface area contributed by atoms with Gasteiger partial charge in [-0.05, 0) is 22.6 Å². The maximum absolute atomic E-state index is 12.2. The summed E-state index contributed by atoms with van der Waals surface area (Å²) in [7, 11) is 0. The van der Waals surface area contributed by atoms with Gasteiger partial charge in [-0.2, -0.15) is 13.2 Å². The summed E-state index contributed by atoms with van der Waals surface area (Å²) < 4.78 is 60.5. The third-order valence-electron chi connectivity index (χ3n) is 1.45. The number of hydrogen-bond acceptors (Lipinski definition) is 1. The highest BCUT2D eigenvalue weighted by atomic mass is 127. The fourth-order valence-electron chi connectivity index (χ4n) is 0.811. The third kappa shape index (κ3) is 2.31. The fraction of sp³-hybridized carbons (Fsp3) is 0.286. The Kier molecular flexibility index (Phi) is 3.28. The summed E-state index contributed by atoms with van der Waals surface area (Å²) in [6.07, 6.45) is -6.32. The van der Waals surface area contributed by atoms with E-state index in [1.165, 1.54) is 22.6 Å². The number of rotatable bonds is 1. The van der Waals surface area contributed by atoms with E-state index in [-0.39, 0.29) is 0 Å². The van der Waals surface area contributed by atoms with Crippen molar-refractivity contribution in [3.8, 4) is 0 Å². The van der Waals surface area contributed by atoms with Crippen LogP contribution < -0.4 is 0 Å². The Hall–Kier alpha value is -0.470. The summed E-state index contributed by atoms with van der Waals surface area (Å²) in [5.41, 5.74) is -1.82. The molecule has 0 atom stereocenters. The normalized spacial score (nSPS) is 12.2. The Morgan fingerprint density at radius 1 is 1.21 bits per heavy atom. The number of halogens is 6.